The molecule has 3 heterocycles. The number of carbonyl (C=O) groups excluding carboxylic acids is 3. The number of carbonyl (C=O) groups is 3. The predicted octanol–water partition coefficient (Wildman–Crippen LogP) is 6.55. The van der Waals surface area contributed by atoms with Gasteiger partial charge in [0.15, 0.2) is 17.5 Å². The number of aromatic nitrogens is 6. The van der Waals surface area contributed by atoms with Crippen molar-refractivity contribution in [2.45, 2.75) is 0 Å². The Morgan fingerprint density at radius 3 is 0.867 bits per heavy atom. The van der Waals surface area contributed by atoms with Crippen molar-refractivity contribution in [1.29, 1.82) is 0 Å². The molecule has 0 aliphatic carbocycles. The molecule has 9 nitrogen and oxygen atoms in total. The van der Waals surface area contributed by atoms with Crippen molar-refractivity contribution in [1.82, 2.24) is 29.9 Å². The molecule has 7 aromatic rings. The van der Waals surface area contributed by atoms with Crippen LogP contribution in [0, 0.1) is 0 Å². The van der Waals surface area contributed by atoms with Gasteiger partial charge in [-0.05, 0) is 51.6 Å². The van der Waals surface area contributed by atoms with E-state index in [1.165, 1.54) is 0 Å². The monoisotopic (exact) mass is 588 g/mol. The molecule has 0 atom stereocenters. The Morgan fingerprint density at radius 2 is 0.644 bits per heavy atom. The van der Waals surface area contributed by atoms with Gasteiger partial charge in [-0.25, -0.2) is 15.0 Å². The Balaban J connectivity index is 1.25. The maximum absolute atomic E-state index is 12.8. The lowest BCUT2D eigenvalue weighted by atomic mass is 9.92. The van der Waals surface area contributed by atoms with Crippen LogP contribution in [0.2, 0.25) is 0 Å². The van der Waals surface area contributed by atoms with Gasteiger partial charge in [0, 0.05) is 53.9 Å². The van der Waals surface area contributed by atoms with Gasteiger partial charge in [-0.2, -0.15) is 0 Å². The maximum atomic E-state index is 12.8. The van der Waals surface area contributed by atoms with E-state index in [0.29, 0.717) is 16.7 Å². The molecule has 9 heteroatoms. The molecule has 216 valence electrons. The molecule has 0 radical (unpaired) electrons. The van der Waals surface area contributed by atoms with Crippen molar-refractivity contribution in [3.05, 3.63) is 162 Å². The summed E-state index contributed by atoms with van der Waals surface area (Å²) in [5.41, 5.74) is 7.15. The molecular weight excluding hydrogens is 564 g/mol. The summed E-state index contributed by atoms with van der Waals surface area (Å²) in [6.45, 7) is 0. The van der Waals surface area contributed by atoms with Crippen molar-refractivity contribution in [2.24, 2.45) is 0 Å². The van der Waals surface area contributed by atoms with E-state index in [9.17, 15) is 14.4 Å². The molecule has 0 unspecified atom stereocenters. The summed E-state index contributed by atoms with van der Waals surface area (Å²) < 4.78 is 0. The minimum Gasteiger partial charge on any atom is -0.342 e. The van der Waals surface area contributed by atoms with Gasteiger partial charge < -0.3 is 15.0 Å². The van der Waals surface area contributed by atoms with Crippen molar-refractivity contribution in [2.75, 3.05) is 0 Å². The predicted molar refractivity (Wildman–Crippen MR) is 169 cm³/mol. The molecule has 4 aromatic carbocycles. The average Bonchev–Trinajstić information content (AvgIpc) is 3.92. The second-order valence-corrected chi connectivity index (χ2v) is 10.3. The third-order valence-corrected chi connectivity index (χ3v) is 7.51. The first-order valence-corrected chi connectivity index (χ1v) is 14.1. The number of ketones is 3. The highest BCUT2D eigenvalue weighted by atomic mass is 16.1. The number of H-pyrrole nitrogens is 3. The minimum atomic E-state index is -0.186. The fraction of sp³-hybridized carbons (Fsp3) is 0. The van der Waals surface area contributed by atoms with Crippen LogP contribution in [0.4, 0.5) is 0 Å². The standard InChI is InChI=1S/C36H24N6O3/c43-31(34-37-13-14-38-34)25-7-1-22(2-8-25)28-19-29(23-3-9-26(10-4-23)32(44)35-39-15-16-40-35)21-30(20-28)24-5-11-27(12-6-24)33(45)36-41-17-18-42-36/h1-21H,(H,37,38)(H,39,40)(H,41,42). The maximum Gasteiger partial charge on any atom is 0.228 e. The average molecular weight is 589 g/mol. The summed E-state index contributed by atoms with van der Waals surface area (Å²) in [4.78, 5) is 59.1. The number of nitrogens with zero attached hydrogens (tertiary/aromatic N) is 3. The molecule has 0 bridgehead atoms. The zero-order valence-electron chi connectivity index (χ0n) is 23.7. The Bertz CT molecular complexity index is 1850. The lowest BCUT2D eigenvalue weighted by Gasteiger charge is -2.12. The first kappa shape index (κ1) is 27.4. The van der Waals surface area contributed by atoms with Gasteiger partial charge in [0.2, 0.25) is 17.3 Å². The fourth-order valence-corrected chi connectivity index (χ4v) is 5.15. The van der Waals surface area contributed by atoms with Crippen molar-refractivity contribution in [3.63, 3.8) is 0 Å². The molecule has 0 saturated carbocycles. The summed E-state index contributed by atoms with van der Waals surface area (Å²) in [5, 5.41) is 0. The van der Waals surface area contributed by atoms with Crippen LogP contribution >= 0.6 is 0 Å². The summed E-state index contributed by atoms with van der Waals surface area (Å²) in [5.74, 6) is 0.304. The number of hydrogen-bond donors (Lipinski definition) is 3. The van der Waals surface area contributed by atoms with Crippen LogP contribution in [0.25, 0.3) is 33.4 Å². The fourth-order valence-electron chi connectivity index (χ4n) is 5.15. The molecule has 0 fully saturated rings. The van der Waals surface area contributed by atoms with Crippen molar-refractivity contribution < 1.29 is 14.4 Å². The Hall–Kier alpha value is -6.48. The third kappa shape index (κ3) is 5.53. The number of nitrogens with one attached hydrogen (secondary N) is 3. The Labute approximate surface area is 257 Å². The van der Waals surface area contributed by atoms with E-state index in [1.807, 2.05) is 36.4 Å². The smallest absolute Gasteiger partial charge is 0.228 e. The third-order valence-electron chi connectivity index (χ3n) is 7.51. The van der Waals surface area contributed by atoms with Gasteiger partial charge in [0.25, 0.3) is 0 Å². The summed E-state index contributed by atoms with van der Waals surface area (Å²) >= 11 is 0. The number of hydrogen-bond acceptors (Lipinski definition) is 6. The minimum absolute atomic E-state index is 0.186. The van der Waals surface area contributed by atoms with Gasteiger partial charge in [-0.1, -0.05) is 72.8 Å². The van der Waals surface area contributed by atoms with Crippen LogP contribution in [0.5, 0.6) is 0 Å². The first-order valence-electron chi connectivity index (χ1n) is 14.1. The largest absolute Gasteiger partial charge is 0.342 e. The molecule has 0 aliphatic heterocycles. The van der Waals surface area contributed by atoms with Gasteiger partial charge in [-0.15, -0.1) is 0 Å². The van der Waals surface area contributed by atoms with Crippen LogP contribution in [-0.4, -0.2) is 47.3 Å². The quantitative estimate of drug-likeness (QED) is 0.164. The topological polar surface area (TPSA) is 137 Å². The molecule has 0 amide bonds. The molecule has 3 aromatic heterocycles. The van der Waals surface area contributed by atoms with Gasteiger partial charge >= 0.3 is 0 Å². The lowest BCUT2D eigenvalue weighted by Crippen LogP contribution is -2.03. The van der Waals surface area contributed by atoms with Crippen LogP contribution in [0.1, 0.15) is 48.5 Å². The van der Waals surface area contributed by atoms with E-state index in [4.69, 9.17) is 0 Å². The summed E-state index contributed by atoms with van der Waals surface area (Å²) in [7, 11) is 0. The number of aromatic amines is 3. The van der Waals surface area contributed by atoms with E-state index in [2.05, 4.69) is 48.1 Å². The lowest BCUT2D eigenvalue weighted by molar-refractivity contribution is 0.102. The van der Waals surface area contributed by atoms with E-state index in [-0.39, 0.29) is 34.8 Å². The summed E-state index contributed by atoms with van der Waals surface area (Å²) in [6, 6.07) is 28.4. The first-order chi connectivity index (χ1) is 22.0. The highest BCUT2D eigenvalue weighted by Crippen LogP contribution is 2.34. The second-order valence-electron chi connectivity index (χ2n) is 10.3. The number of rotatable bonds is 9. The SMILES string of the molecule is O=C(c1ccc(-c2cc(-c3ccc(C(=O)c4ncc[nH]4)cc3)cc(-c3ccc(C(=O)c4ncc[nH]4)cc3)c2)cc1)c1ncc[nH]1. The molecular formula is C36H24N6O3. The van der Waals surface area contributed by atoms with Gasteiger partial charge in [0.05, 0.1) is 0 Å². The second kappa shape index (κ2) is 11.7. The van der Waals surface area contributed by atoms with E-state index >= 15 is 0 Å². The van der Waals surface area contributed by atoms with Gasteiger partial charge in [-0.3, -0.25) is 14.4 Å². The molecule has 0 aliphatic rings. The van der Waals surface area contributed by atoms with Crippen LogP contribution in [-0.2, 0) is 0 Å². The highest BCUT2D eigenvalue weighted by Gasteiger charge is 2.15. The molecule has 3 N–H and O–H groups in total. The normalized spacial score (nSPS) is 10.9. The Kier molecular flexibility index (Phi) is 7.09. The van der Waals surface area contributed by atoms with Crippen molar-refractivity contribution in [3.8, 4) is 33.4 Å². The van der Waals surface area contributed by atoms with Crippen LogP contribution in [0.15, 0.2) is 128 Å². The Morgan fingerprint density at radius 1 is 0.378 bits per heavy atom. The van der Waals surface area contributed by atoms with Crippen molar-refractivity contribution >= 4 is 17.3 Å². The van der Waals surface area contributed by atoms with Crippen LogP contribution in [0.3, 0.4) is 0 Å². The molecule has 7 rings (SSSR count). The van der Waals surface area contributed by atoms with Crippen LogP contribution < -0.4 is 0 Å². The van der Waals surface area contributed by atoms with E-state index < -0.39 is 0 Å². The zero-order chi connectivity index (χ0) is 30.8. The highest BCUT2D eigenvalue weighted by molar-refractivity contribution is 6.08. The number of benzene rings is 4. The zero-order valence-corrected chi connectivity index (χ0v) is 23.7. The van der Waals surface area contributed by atoms with E-state index in [0.717, 1.165) is 33.4 Å². The molecule has 0 saturated heterocycles. The number of imidazole rings is 3. The summed E-state index contributed by atoms with van der Waals surface area (Å²) in [6.07, 6.45) is 9.50. The molecule has 0 spiro atoms. The van der Waals surface area contributed by atoms with E-state index in [1.54, 1.807) is 73.6 Å². The molecule has 45 heavy (non-hydrogen) atoms. The van der Waals surface area contributed by atoms with Gasteiger partial charge in [0.1, 0.15) is 0 Å².